The first-order valence-corrected chi connectivity index (χ1v) is 8.94. The highest BCUT2D eigenvalue weighted by molar-refractivity contribution is 7.15. The Morgan fingerprint density at radius 3 is 2.83 bits per heavy atom. The standard InChI is InChI=1S/C18H19N3O2S/c1-23-16-6-2-13(3-7-16)11-21(15-4-5-15)17(22)10-14-12-20-8-9-24-18(20)19-14/h2-3,6-9,12,15H,4-5,10-11H2,1H3. The summed E-state index contributed by atoms with van der Waals surface area (Å²) in [6, 6.07) is 8.30. The average molecular weight is 341 g/mol. The van der Waals surface area contributed by atoms with Gasteiger partial charge in [0.2, 0.25) is 5.91 Å². The quantitative estimate of drug-likeness (QED) is 0.692. The van der Waals surface area contributed by atoms with Crippen molar-refractivity contribution in [3.8, 4) is 5.75 Å². The number of benzene rings is 1. The SMILES string of the molecule is COc1ccc(CN(C(=O)Cc2cn3ccsc3n2)C2CC2)cc1. The van der Waals surface area contributed by atoms with Crippen LogP contribution in [0.5, 0.6) is 5.75 Å². The minimum Gasteiger partial charge on any atom is -0.497 e. The molecule has 1 fully saturated rings. The summed E-state index contributed by atoms with van der Waals surface area (Å²) in [5.41, 5.74) is 1.97. The third-order valence-corrected chi connectivity index (χ3v) is 5.07. The predicted molar refractivity (Wildman–Crippen MR) is 93.3 cm³/mol. The van der Waals surface area contributed by atoms with Gasteiger partial charge in [0.15, 0.2) is 4.96 Å². The van der Waals surface area contributed by atoms with E-state index in [-0.39, 0.29) is 5.91 Å². The number of nitrogens with zero attached hydrogens (tertiary/aromatic N) is 3. The number of hydrogen-bond donors (Lipinski definition) is 0. The number of aromatic nitrogens is 2. The summed E-state index contributed by atoms with van der Waals surface area (Å²) in [6.07, 6.45) is 6.47. The van der Waals surface area contributed by atoms with Gasteiger partial charge in [0.1, 0.15) is 5.75 Å². The maximum Gasteiger partial charge on any atom is 0.229 e. The van der Waals surface area contributed by atoms with Crippen molar-refractivity contribution in [3.05, 3.63) is 53.3 Å². The van der Waals surface area contributed by atoms with Crippen molar-refractivity contribution in [1.29, 1.82) is 0 Å². The molecule has 1 amide bonds. The second-order valence-corrected chi connectivity index (χ2v) is 6.98. The molecule has 6 heteroatoms. The zero-order valence-corrected chi connectivity index (χ0v) is 14.3. The van der Waals surface area contributed by atoms with Gasteiger partial charge in [-0.15, -0.1) is 11.3 Å². The lowest BCUT2D eigenvalue weighted by atomic mass is 10.2. The molecule has 0 atom stereocenters. The molecule has 0 radical (unpaired) electrons. The van der Waals surface area contributed by atoms with E-state index >= 15 is 0 Å². The fourth-order valence-corrected chi connectivity index (χ4v) is 3.57. The number of carbonyl (C=O) groups is 1. The summed E-state index contributed by atoms with van der Waals surface area (Å²) < 4.78 is 7.16. The van der Waals surface area contributed by atoms with Crippen LogP contribution in [0.25, 0.3) is 4.96 Å². The number of imidazole rings is 1. The second kappa shape index (κ2) is 6.28. The van der Waals surface area contributed by atoms with Gasteiger partial charge in [-0.1, -0.05) is 12.1 Å². The van der Waals surface area contributed by atoms with Crippen LogP contribution < -0.4 is 4.74 Å². The van der Waals surface area contributed by atoms with Gasteiger partial charge < -0.3 is 9.64 Å². The van der Waals surface area contributed by atoms with Gasteiger partial charge in [0, 0.05) is 30.4 Å². The zero-order chi connectivity index (χ0) is 16.5. The van der Waals surface area contributed by atoms with E-state index in [1.54, 1.807) is 18.4 Å². The Bertz CT molecular complexity index is 820. The number of carbonyl (C=O) groups excluding carboxylic acids is 1. The average Bonchev–Trinajstić information content (AvgIpc) is 3.22. The van der Waals surface area contributed by atoms with Crippen molar-refractivity contribution in [1.82, 2.24) is 14.3 Å². The van der Waals surface area contributed by atoms with E-state index in [1.165, 1.54) is 0 Å². The number of ether oxygens (including phenoxy) is 1. The lowest BCUT2D eigenvalue weighted by Crippen LogP contribution is -2.33. The summed E-state index contributed by atoms with van der Waals surface area (Å²) >= 11 is 1.58. The number of fused-ring (bicyclic) bond motifs is 1. The lowest BCUT2D eigenvalue weighted by molar-refractivity contribution is -0.131. The van der Waals surface area contributed by atoms with Crippen molar-refractivity contribution in [2.75, 3.05) is 7.11 Å². The van der Waals surface area contributed by atoms with Crippen LogP contribution in [0.2, 0.25) is 0 Å². The molecule has 1 aliphatic rings. The van der Waals surface area contributed by atoms with E-state index in [2.05, 4.69) is 4.98 Å². The fourth-order valence-electron chi connectivity index (χ4n) is 2.85. The van der Waals surface area contributed by atoms with E-state index in [1.807, 2.05) is 51.3 Å². The van der Waals surface area contributed by atoms with Crippen LogP contribution in [0.4, 0.5) is 0 Å². The van der Waals surface area contributed by atoms with E-state index < -0.39 is 0 Å². The van der Waals surface area contributed by atoms with Gasteiger partial charge in [0.05, 0.1) is 19.2 Å². The van der Waals surface area contributed by atoms with Crippen LogP contribution >= 0.6 is 11.3 Å². The summed E-state index contributed by atoms with van der Waals surface area (Å²) in [6.45, 7) is 0.649. The molecule has 3 aromatic rings. The van der Waals surface area contributed by atoms with Crippen molar-refractivity contribution in [2.45, 2.75) is 31.8 Å². The van der Waals surface area contributed by atoms with Gasteiger partial charge in [-0.3, -0.25) is 9.20 Å². The minimum atomic E-state index is 0.152. The molecule has 124 valence electrons. The number of thiazole rings is 1. The molecule has 0 saturated heterocycles. The van der Waals surface area contributed by atoms with E-state index in [4.69, 9.17) is 4.74 Å². The molecule has 0 spiro atoms. The molecule has 24 heavy (non-hydrogen) atoms. The molecule has 1 aliphatic carbocycles. The highest BCUT2D eigenvalue weighted by Gasteiger charge is 2.32. The van der Waals surface area contributed by atoms with Crippen molar-refractivity contribution in [3.63, 3.8) is 0 Å². The number of methoxy groups -OCH3 is 1. The highest BCUT2D eigenvalue weighted by Crippen LogP contribution is 2.29. The van der Waals surface area contributed by atoms with Crippen LogP contribution in [0.1, 0.15) is 24.1 Å². The third-order valence-electron chi connectivity index (χ3n) is 4.30. The normalized spacial score (nSPS) is 14.0. The summed E-state index contributed by atoms with van der Waals surface area (Å²) in [5.74, 6) is 0.986. The van der Waals surface area contributed by atoms with Crippen LogP contribution in [0.15, 0.2) is 42.0 Å². The monoisotopic (exact) mass is 341 g/mol. The Labute approximate surface area is 144 Å². The van der Waals surface area contributed by atoms with E-state index in [9.17, 15) is 4.79 Å². The molecule has 1 saturated carbocycles. The maximum atomic E-state index is 12.8. The van der Waals surface area contributed by atoms with Gasteiger partial charge in [-0.05, 0) is 30.5 Å². The number of rotatable bonds is 6. The maximum absolute atomic E-state index is 12.8. The highest BCUT2D eigenvalue weighted by atomic mass is 32.1. The molecule has 5 nitrogen and oxygen atoms in total. The Kier molecular flexibility index (Phi) is 3.98. The molecule has 0 bridgehead atoms. The summed E-state index contributed by atoms with van der Waals surface area (Å²) in [7, 11) is 1.66. The molecule has 0 unspecified atom stereocenters. The lowest BCUT2D eigenvalue weighted by Gasteiger charge is -2.22. The van der Waals surface area contributed by atoms with Crippen molar-refractivity contribution in [2.24, 2.45) is 0 Å². The van der Waals surface area contributed by atoms with Crippen molar-refractivity contribution < 1.29 is 9.53 Å². The zero-order valence-electron chi connectivity index (χ0n) is 13.5. The molecule has 2 heterocycles. The Morgan fingerprint density at radius 2 is 2.17 bits per heavy atom. The van der Waals surface area contributed by atoms with Gasteiger partial charge >= 0.3 is 0 Å². The van der Waals surface area contributed by atoms with Gasteiger partial charge in [0.25, 0.3) is 0 Å². The fraction of sp³-hybridized carbons (Fsp3) is 0.333. The van der Waals surface area contributed by atoms with Crippen LogP contribution in [-0.2, 0) is 17.8 Å². The van der Waals surface area contributed by atoms with Gasteiger partial charge in [-0.2, -0.15) is 0 Å². The third kappa shape index (κ3) is 3.14. The molecule has 4 rings (SSSR count). The first kappa shape index (κ1) is 15.2. The Hall–Kier alpha value is -2.34. The predicted octanol–water partition coefficient (Wildman–Crippen LogP) is 3.14. The molecule has 1 aromatic carbocycles. The minimum absolute atomic E-state index is 0.152. The van der Waals surface area contributed by atoms with Crippen LogP contribution in [0.3, 0.4) is 0 Å². The van der Waals surface area contributed by atoms with Gasteiger partial charge in [-0.25, -0.2) is 4.98 Å². The Balaban J connectivity index is 1.47. The number of amides is 1. The Morgan fingerprint density at radius 1 is 1.38 bits per heavy atom. The summed E-state index contributed by atoms with van der Waals surface area (Å²) in [5, 5.41) is 1.99. The first-order chi connectivity index (χ1) is 11.7. The topological polar surface area (TPSA) is 46.8 Å². The molecule has 0 N–H and O–H groups in total. The largest absolute Gasteiger partial charge is 0.497 e. The van der Waals surface area contributed by atoms with E-state index in [0.29, 0.717) is 19.0 Å². The first-order valence-electron chi connectivity index (χ1n) is 8.06. The smallest absolute Gasteiger partial charge is 0.229 e. The second-order valence-electron chi connectivity index (χ2n) is 6.10. The summed E-state index contributed by atoms with van der Waals surface area (Å²) in [4.78, 5) is 20.2. The molecular formula is C18H19N3O2S. The molecular weight excluding hydrogens is 322 g/mol. The van der Waals surface area contributed by atoms with Crippen LogP contribution in [-0.4, -0.2) is 33.3 Å². The van der Waals surface area contributed by atoms with Crippen LogP contribution in [0, 0.1) is 0 Å². The number of hydrogen-bond acceptors (Lipinski definition) is 4. The molecule has 2 aromatic heterocycles. The van der Waals surface area contributed by atoms with Crippen molar-refractivity contribution >= 4 is 22.2 Å². The van der Waals surface area contributed by atoms with E-state index in [0.717, 1.165) is 34.8 Å². The molecule has 0 aliphatic heterocycles.